The van der Waals surface area contributed by atoms with E-state index in [0.29, 0.717) is 0 Å². The van der Waals surface area contributed by atoms with E-state index in [1.807, 2.05) is 0 Å². The van der Waals surface area contributed by atoms with Crippen molar-refractivity contribution in [1.29, 1.82) is 0 Å². The fourth-order valence-electron chi connectivity index (χ4n) is 0. The van der Waals surface area contributed by atoms with Crippen LogP contribution in [0, 0.1) is 0 Å². The number of rotatable bonds is 0. The van der Waals surface area contributed by atoms with Crippen molar-refractivity contribution in [1.82, 2.24) is 0 Å². The molecule has 0 N–H and O–H groups in total. The molecule has 19 valence electrons. The average molecular weight is 342 g/mol. The first-order valence-corrected chi connectivity index (χ1v) is 0. The van der Waals surface area contributed by atoms with Gasteiger partial charge in [0.15, 0.2) is 0 Å². The van der Waals surface area contributed by atoms with Gasteiger partial charge in [-0.25, -0.2) is 0 Å². The van der Waals surface area contributed by atoms with Gasteiger partial charge >= 0.3 is 50.4 Å². The molecule has 0 spiro atoms. The predicted octanol–water partition coefficient (Wildman–Crippen LogP) is -0.658. The maximum absolute atomic E-state index is 0. The van der Waals surface area contributed by atoms with Crippen LogP contribution in [0.4, 0.5) is 0 Å². The first-order valence-electron chi connectivity index (χ1n) is 0. The summed E-state index contributed by atoms with van der Waals surface area (Å²) in [6.45, 7) is 0. The maximum atomic E-state index is 0. The van der Waals surface area contributed by atoms with E-state index in [1.165, 1.54) is 0 Å². The Bertz CT molecular complexity index is 13.5. The summed E-state index contributed by atoms with van der Waals surface area (Å²) in [7, 11) is 0. The predicted molar refractivity (Wildman–Crippen MR) is 14.4 cm³/mol. The summed E-state index contributed by atoms with van der Waals surface area (Å²) in [6.07, 6.45) is 0. The van der Waals surface area contributed by atoms with Crippen LogP contribution in [0.5, 0.6) is 0 Å². The van der Waals surface area contributed by atoms with Gasteiger partial charge in [0, 0.05) is 22.4 Å². The number of hydrogen-bond acceptors (Lipinski definition) is 0. The second-order valence-electron chi connectivity index (χ2n) is 0. The third-order valence-electron chi connectivity index (χ3n) is 0. The molecule has 0 rings (SSSR count). The van der Waals surface area contributed by atoms with E-state index in [4.69, 9.17) is 0 Å². The zero-order valence-electron chi connectivity index (χ0n) is 4.06. The van der Waals surface area contributed by atoms with Crippen LogP contribution in [-0.2, 0) is 27.9 Å². The fraction of sp³-hybridized carbons (Fsp3) is 0. The molecule has 0 aliphatic heterocycles. The standard InChI is InChI=1S/Mg.Nb.O.Pb.2H/q+2;;-2;+2;2*-1. The molecule has 0 aliphatic rings. The summed E-state index contributed by atoms with van der Waals surface area (Å²) >= 11 is 0. The molecule has 0 bridgehead atoms. The minimum atomic E-state index is 0. The summed E-state index contributed by atoms with van der Waals surface area (Å²) < 4.78 is 0. The fourth-order valence-corrected chi connectivity index (χ4v) is 0. The van der Waals surface area contributed by atoms with Crippen molar-refractivity contribution < 1.29 is 30.7 Å². The molecule has 0 saturated heterocycles. The third-order valence-corrected chi connectivity index (χ3v) is 0. The quantitative estimate of drug-likeness (QED) is 0.523. The van der Waals surface area contributed by atoms with E-state index in [2.05, 4.69) is 0 Å². The zero-order chi connectivity index (χ0) is 0. The topological polar surface area (TPSA) is 28.5 Å². The van der Waals surface area contributed by atoms with E-state index in [-0.39, 0.29) is 81.1 Å². The van der Waals surface area contributed by atoms with E-state index in [9.17, 15) is 0 Å². The van der Waals surface area contributed by atoms with Crippen LogP contribution in [0.15, 0.2) is 0 Å². The Labute approximate surface area is 80.0 Å². The maximum Gasteiger partial charge on any atom is 2.00 e. The van der Waals surface area contributed by atoms with Crippen LogP contribution < -0.4 is 0 Å². The van der Waals surface area contributed by atoms with Crippen LogP contribution >= 0.6 is 0 Å². The van der Waals surface area contributed by atoms with Gasteiger partial charge in [-0.2, -0.15) is 0 Å². The van der Waals surface area contributed by atoms with Crippen molar-refractivity contribution in [2.24, 2.45) is 0 Å². The second kappa shape index (κ2) is 18.2. The smallest absolute Gasteiger partial charge is 2.00 e. The Morgan fingerprint density at radius 2 is 1.25 bits per heavy atom. The van der Waals surface area contributed by atoms with E-state index in [1.54, 1.807) is 0 Å². The molecule has 0 fully saturated rings. The Morgan fingerprint density at radius 3 is 1.25 bits per heavy atom. The molecule has 1 nitrogen and oxygen atoms in total. The van der Waals surface area contributed by atoms with Crippen molar-refractivity contribution in [3.63, 3.8) is 0 Å². The van der Waals surface area contributed by atoms with Crippen LogP contribution in [0.3, 0.4) is 0 Å². The summed E-state index contributed by atoms with van der Waals surface area (Å²) in [5.74, 6) is 0. The molecule has 0 aromatic carbocycles. The molecular formula is H2MgNbOPb. The normalized spacial score (nSPS) is 0. The molecule has 0 saturated carbocycles. The first kappa shape index (κ1) is 32.5. The number of hydrogen-bond donors (Lipinski definition) is 0. The Kier molecular flexibility index (Phi) is 148. The Morgan fingerprint density at radius 1 is 1.25 bits per heavy atom. The first-order chi connectivity index (χ1) is 0. The van der Waals surface area contributed by atoms with Crippen LogP contribution in [0.2, 0.25) is 0 Å². The molecule has 4 heavy (non-hydrogen) atoms. The molecule has 0 amide bonds. The van der Waals surface area contributed by atoms with Crippen LogP contribution in [0.25, 0.3) is 0 Å². The van der Waals surface area contributed by atoms with Crippen molar-refractivity contribution in [3.05, 3.63) is 0 Å². The average Bonchev–Trinajstić information content (AvgIpc) is 0. The summed E-state index contributed by atoms with van der Waals surface area (Å²) in [6, 6.07) is 0. The molecule has 0 atom stereocenters. The van der Waals surface area contributed by atoms with Gasteiger partial charge in [-0.1, -0.05) is 0 Å². The van der Waals surface area contributed by atoms with Gasteiger partial charge in [-0.3, -0.25) is 0 Å². The minimum Gasteiger partial charge on any atom is -2.00 e. The van der Waals surface area contributed by atoms with Gasteiger partial charge < -0.3 is 8.33 Å². The monoisotopic (exact) mass is 343 g/mol. The molecule has 4 heteroatoms. The van der Waals surface area contributed by atoms with Gasteiger partial charge in [0.05, 0.1) is 0 Å². The Hall–Kier alpha value is 2.39. The molecule has 0 aliphatic carbocycles. The molecular weight excluding hydrogens is 340 g/mol. The minimum absolute atomic E-state index is 0. The Balaban J connectivity index is 0. The molecule has 0 aromatic rings. The van der Waals surface area contributed by atoms with Crippen LogP contribution in [0.1, 0.15) is 2.85 Å². The molecule has 3 radical (unpaired) electrons. The largest absolute Gasteiger partial charge is 2.00 e. The van der Waals surface area contributed by atoms with Crippen molar-refractivity contribution in [3.8, 4) is 0 Å². The third kappa shape index (κ3) is 8.83. The summed E-state index contributed by atoms with van der Waals surface area (Å²) in [5, 5.41) is 0. The van der Waals surface area contributed by atoms with Gasteiger partial charge in [0.2, 0.25) is 0 Å². The van der Waals surface area contributed by atoms with Crippen molar-refractivity contribution in [2.45, 2.75) is 0 Å². The van der Waals surface area contributed by atoms with E-state index in [0.717, 1.165) is 0 Å². The van der Waals surface area contributed by atoms with Crippen molar-refractivity contribution in [2.75, 3.05) is 0 Å². The summed E-state index contributed by atoms with van der Waals surface area (Å²) in [5.41, 5.74) is 0. The van der Waals surface area contributed by atoms with E-state index < -0.39 is 0 Å². The van der Waals surface area contributed by atoms with Gasteiger partial charge in [-0.15, -0.1) is 0 Å². The molecule has 0 unspecified atom stereocenters. The van der Waals surface area contributed by atoms with Crippen LogP contribution in [-0.4, -0.2) is 50.4 Å². The molecule has 0 heterocycles. The second-order valence-corrected chi connectivity index (χ2v) is 0. The molecule has 0 aromatic heterocycles. The van der Waals surface area contributed by atoms with Gasteiger partial charge in [0.25, 0.3) is 0 Å². The SMILES string of the molecule is [H-].[H-].[Mg+2].[Nb].[O-2].[Pb+2]. The zero-order valence-corrected chi connectivity index (χ0v) is 9.56. The summed E-state index contributed by atoms with van der Waals surface area (Å²) in [4.78, 5) is 0. The van der Waals surface area contributed by atoms with Crippen molar-refractivity contribution >= 4 is 50.4 Å². The van der Waals surface area contributed by atoms with Gasteiger partial charge in [-0.05, 0) is 0 Å². The van der Waals surface area contributed by atoms with E-state index >= 15 is 0 Å². The van der Waals surface area contributed by atoms with Gasteiger partial charge in [0.1, 0.15) is 0 Å².